The van der Waals surface area contributed by atoms with Crippen LogP contribution in [-0.4, -0.2) is 29.2 Å². The van der Waals surface area contributed by atoms with Gasteiger partial charge in [0.25, 0.3) is 11.1 Å². The summed E-state index contributed by atoms with van der Waals surface area (Å²) in [6.07, 6.45) is 11.8. The molecule has 4 nitrogen and oxygen atoms in total. The minimum Gasteiger partial charge on any atom is -0.479 e. The van der Waals surface area contributed by atoms with Gasteiger partial charge in [0, 0.05) is 0 Å². The number of amides is 2. The number of benzene rings is 1. The molecule has 1 aliphatic heterocycles. The standard InChI is InChI=1S/C16H10ClNO3S/c1-3-7-18-15(19)14(22-16(18)20)10-11-5-6-13(12(17)9-11)21-8-4-2/h1-2,5-6,9-10H,7-8H2/b14-10-. The van der Waals surface area contributed by atoms with Gasteiger partial charge in [-0.2, -0.15) is 0 Å². The average molecular weight is 332 g/mol. The number of hydrogen-bond donors (Lipinski definition) is 0. The van der Waals surface area contributed by atoms with Crippen LogP contribution in [0.3, 0.4) is 0 Å². The number of rotatable bonds is 4. The third-order valence-corrected chi connectivity index (χ3v) is 3.89. The fourth-order valence-corrected chi connectivity index (χ4v) is 2.80. The van der Waals surface area contributed by atoms with E-state index >= 15 is 0 Å². The van der Waals surface area contributed by atoms with Crippen molar-refractivity contribution >= 4 is 40.6 Å². The Kier molecular flexibility index (Phi) is 5.16. The summed E-state index contributed by atoms with van der Waals surface area (Å²) in [7, 11) is 0. The smallest absolute Gasteiger partial charge is 0.294 e. The lowest BCUT2D eigenvalue weighted by molar-refractivity contribution is -0.122. The Morgan fingerprint density at radius 3 is 2.73 bits per heavy atom. The minimum atomic E-state index is -0.406. The zero-order valence-electron chi connectivity index (χ0n) is 11.3. The SMILES string of the molecule is C#CCOc1ccc(/C=C2\SC(=O)N(CC#C)C2=O)cc1Cl. The number of carbonyl (C=O) groups excluding carboxylic acids is 2. The molecular weight excluding hydrogens is 322 g/mol. The quantitative estimate of drug-likeness (QED) is 0.628. The molecule has 1 aliphatic rings. The second-order valence-electron chi connectivity index (χ2n) is 4.15. The van der Waals surface area contributed by atoms with E-state index in [1.807, 2.05) is 0 Å². The lowest BCUT2D eigenvalue weighted by atomic mass is 10.2. The van der Waals surface area contributed by atoms with Gasteiger partial charge in [-0.15, -0.1) is 12.8 Å². The molecule has 1 aromatic carbocycles. The van der Waals surface area contributed by atoms with Crippen molar-refractivity contribution in [2.75, 3.05) is 13.2 Å². The summed E-state index contributed by atoms with van der Waals surface area (Å²) < 4.78 is 5.25. The topological polar surface area (TPSA) is 46.6 Å². The van der Waals surface area contributed by atoms with E-state index in [2.05, 4.69) is 11.8 Å². The highest BCUT2D eigenvalue weighted by atomic mass is 35.5. The van der Waals surface area contributed by atoms with E-state index < -0.39 is 5.91 Å². The first-order valence-corrected chi connectivity index (χ1v) is 7.31. The van der Waals surface area contributed by atoms with Crippen LogP contribution in [0.4, 0.5) is 4.79 Å². The number of imide groups is 1. The van der Waals surface area contributed by atoms with Crippen LogP contribution in [0.15, 0.2) is 23.1 Å². The average Bonchev–Trinajstić information content (AvgIpc) is 2.74. The largest absolute Gasteiger partial charge is 0.479 e. The highest BCUT2D eigenvalue weighted by Crippen LogP contribution is 2.33. The summed E-state index contributed by atoms with van der Waals surface area (Å²) >= 11 is 6.92. The van der Waals surface area contributed by atoms with Gasteiger partial charge < -0.3 is 4.74 Å². The third kappa shape index (κ3) is 3.46. The molecule has 110 valence electrons. The molecule has 0 N–H and O–H groups in total. The molecule has 2 rings (SSSR count). The van der Waals surface area contributed by atoms with E-state index in [1.165, 1.54) is 0 Å². The van der Waals surface area contributed by atoms with Gasteiger partial charge >= 0.3 is 0 Å². The molecule has 0 bridgehead atoms. The first kappa shape index (κ1) is 16.0. The number of hydrogen-bond acceptors (Lipinski definition) is 4. The van der Waals surface area contributed by atoms with Gasteiger partial charge in [0.2, 0.25) is 0 Å². The van der Waals surface area contributed by atoms with Crippen molar-refractivity contribution in [2.24, 2.45) is 0 Å². The van der Waals surface area contributed by atoms with E-state index in [4.69, 9.17) is 29.2 Å². The fourth-order valence-electron chi connectivity index (χ4n) is 1.72. The molecule has 2 amide bonds. The number of nitrogens with zero attached hydrogens (tertiary/aromatic N) is 1. The number of ether oxygens (including phenoxy) is 1. The maximum absolute atomic E-state index is 12.0. The monoisotopic (exact) mass is 331 g/mol. The molecule has 1 aromatic rings. The first-order valence-electron chi connectivity index (χ1n) is 6.11. The van der Waals surface area contributed by atoms with Crippen molar-refractivity contribution in [3.8, 4) is 30.4 Å². The van der Waals surface area contributed by atoms with Crippen molar-refractivity contribution in [1.82, 2.24) is 4.90 Å². The van der Waals surface area contributed by atoms with Crippen LogP contribution in [0, 0.1) is 24.7 Å². The van der Waals surface area contributed by atoms with Gasteiger partial charge in [0.15, 0.2) is 0 Å². The molecule has 0 aromatic heterocycles. The van der Waals surface area contributed by atoms with Crippen molar-refractivity contribution in [2.45, 2.75) is 0 Å². The first-order chi connectivity index (χ1) is 10.6. The van der Waals surface area contributed by atoms with Gasteiger partial charge in [-0.25, -0.2) is 0 Å². The molecule has 22 heavy (non-hydrogen) atoms. The van der Waals surface area contributed by atoms with E-state index in [-0.39, 0.29) is 18.4 Å². The predicted molar refractivity (Wildman–Crippen MR) is 87.3 cm³/mol. The van der Waals surface area contributed by atoms with Crippen LogP contribution in [0.1, 0.15) is 5.56 Å². The molecular formula is C16H10ClNO3S. The summed E-state index contributed by atoms with van der Waals surface area (Å²) in [6, 6.07) is 4.99. The van der Waals surface area contributed by atoms with Crippen molar-refractivity contribution < 1.29 is 14.3 Å². The van der Waals surface area contributed by atoms with Crippen molar-refractivity contribution in [1.29, 1.82) is 0 Å². The second kappa shape index (κ2) is 7.09. The molecule has 1 fully saturated rings. The third-order valence-electron chi connectivity index (χ3n) is 2.69. The Balaban J connectivity index is 2.22. The molecule has 0 saturated carbocycles. The molecule has 6 heteroatoms. The lowest BCUT2D eigenvalue weighted by Gasteiger charge is -2.07. The Hall–Kier alpha value is -2.34. The molecule has 1 heterocycles. The normalized spacial score (nSPS) is 15.8. The maximum atomic E-state index is 12.0. The highest BCUT2D eigenvalue weighted by molar-refractivity contribution is 8.18. The number of terminal acetylenes is 2. The van der Waals surface area contributed by atoms with Crippen molar-refractivity contribution in [3.05, 3.63) is 33.7 Å². The Labute approximate surface area is 137 Å². The lowest BCUT2D eigenvalue weighted by Crippen LogP contribution is -2.28. The summed E-state index contributed by atoms with van der Waals surface area (Å²) in [5.74, 6) is 4.68. The van der Waals surface area contributed by atoms with Crippen LogP contribution in [-0.2, 0) is 4.79 Å². The summed E-state index contributed by atoms with van der Waals surface area (Å²) in [4.78, 5) is 25.0. The van der Waals surface area contributed by atoms with Crippen LogP contribution in [0.5, 0.6) is 5.75 Å². The number of carbonyl (C=O) groups is 2. The number of thioether (sulfide) groups is 1. The van der Waals surface area contributed by atoms with Crippen LogP contribution in [0.2, 0.25) is 5.02 Å². The maximum Gasteiger partial charge on any atom is 0.294 e. The van der Waals surface area contributed by atoms with E-state index in [9.17, 15) is 9.59 Å². The van der Waals surface area contributed by atoms with Crippen LogP contribution in [0.25, 0.3) is 6.08 Å². The van der Waals surface area contributed by atoms with E-state index in [1.54, 1.807) is 24.3 Å². The molecule has 0 atom stereocenters. The Morgan fingerprint density at radius 1 is 1.32 bits per heavy atom. The highest BCUT2D eigenvalue weighted by Gasteiger charge is 2.34. The molecule has 0 unspecified atom stereocenters. The Morgan fingerprint density at radius 2 is 2.09 bits per heavy atom. The minimum absolute atomic E-state index is 0.0401. The fraction of sp³-hybridized carbons (Fsp3) is 0.125. The molecule has 0 spiro atoms. The molecule has 1 saturated heterocycles. The summed E-state index contributed by atoms with van der Waals surface area (Å²) in [5, 5.41) is -0.0128. The van der Waals surface area contributed by atoms with E-state index in [0.717, 1.165) is 16.7 Å². The van der Waals surface area contributed by atoms with Crippen molar-refractivity contribution in [3.63, 3.8) is 0 Å². The van der Waals surface area contributed by atoms with E-state index in [0.29, 0.717) is 21.2 Å². The predicted octanol–water partition coefficient (Wildman–Crippen LogP) is 3.02. The van der Waals surface area contributed by atoms with Gasteiger partial charge in [-0.3, -0.25) is 14.5 Å². The zero-order valence-corrected chi connectivity index (χ0v) is 12.9. The van der Waals surface area contributed by atoms with Gasteiger partial charge in [-0.1, -0.05) is 29.5 Å². The van der Waals surface area contributed by atoms with Gasteiger partial charge in [-0.05, 0) is 35.5 Å². The zero-order chi connectivity index (χ0) is 16.1. The van der Waals surface area contributed by atoms with Gasteiger partial charge in [0.1, 0.15) is 12.4 Å². The summed E-state index contributed by atoms with van der Waals surface area (Å²) in [5.41, 5.74) is 0.671. The summed E-state index contributed by atoms with van der Waals surface area (Å²) in [6.45, 7) is 0.0751. The molecule has 0 radical (unpaired) electrons. The number of halogens is 1. The van der Waals surface area contributed by atoms with Gasteiger partial charge in [0.05, 0.1) is 16.5 Å². The second-order valence-corrected chi connectivity index (χ2v) is 5.56. The van der Waals surface area contributed by atoms with Crippen LogP contribution >= 0.6 is 23.4 Å². The molecule has 0 aliphatic carbocycles. The van der Waals surface area contributed by atoms with Crippen LogP contribution < -0.4 is 4.74 Å². The Bertz CT molecular complexity index is 743.